The van der Waals surface area contributed by atoms with E-state index < -0.39 is 8.32 Å². The highest BCUT2D eigenvalue weighted by molar-refractivity contribution is 6.70. The minimum atomic E-state index is -1.48. The highest BCUT2D eigenvalue weighted by Crippen LogP contribution is 2.17. The largest absolute Gasteiger partial charge is 0.544 e. The van der Waals surface area contributed by atoms with Crippen molar-refractivity contribution in [3.05, 3.63) is 29.8 Å². The van der Waals surface area contributed by atoms with Crippen LogP contribution in [-0.2, 0) is 6.42 Å². The molecule has 0 saturated carbocycles. The molecule has 1 aromatic rings. The standard InChI is InChI=1S/C12H20O2Si/c1-15(2,3)14-12-8-6-11(7-9-12)5-4-10-13/h6-9,13H,4-5,10H2,1-3H3. The SMILES string of the molecule is C[Si](C)(C)Oc1ccc(CCCO)cc1. The lowest BCUT2D eigenvalue weighted by molar-refractivity contribution is 0.288. The number of aryl methyl sites for hydroxylation is 1. The van der Waals surface area contributed by atoms with Crippen LogP contribution in [0.5, 0.6) is 5.75 Å². The topological polar surface area (TPSA) is 29.5 Å². The monoisotopic (exact) mass is 224 g/mol. The molecule has 0 saturated heterocycles. The molecule has 0 aliphatic rings. The zero-order chi connectivity index (χ0) is 11.3. The predicted molar refractivity (Wildman–Crippen MR) is 65.8 cm³/mol. The normalized spacial score (nSPS) is 11.5. The smallest absolute Gasteiger partial charge is 0.242 e. The molecule has 0 aromatic heterocycles. The quantitative estimate of drug-likeness (QED) is 0.779. The van der Waals surface area contributed by atoms with Gasteiger partial charge in [0.1, 0.15) is 5.75 Å². The number of aliphatic hydroxyl groups excluding tert-OH is 1. The third-order valence-electron chi connectivity index (χ3n) is 1.97. The van der Waals surface area contributed by atoms with E-state index in [-0.39, 0.29) is 6.61 Å². The van der Waals surface area contributed by atoms with Crippen LogP contribution in [0.4, 0.5) is 0 Å². The Hall–Kier alpha value is -0.803. The molecule has 0 heterocycles. The maximum absolute atomic E-state index is 8.72. The minimum Gasteiger partial charge on any atom is -0.544 e. The average molecular weight is 224 g/mol. The van der Waals surface area contributed by atoms with Gasteiger partial charge in [-0.2, -0.15) is 0 Å². The van der Waals surface area contributed by atoms with Crippen molar-refractivity contribution in [2.45, 2.75) is 32.5 Å². The minimum absolute atomic E-state index is 0.257. The summed E-state index contributed by atoms with van der Waals surface area (Å²) in [5.41, 5.74) is 1.26. The zero-order valence-electron chi connectivity index (χ0n) is 9.79. The van der Waals surface area contributed by atoms with Gasteiger partial charge in [0, 0.05) is 6.61 Å². The van der Waals surface area contributed by atoms with Crippen LogP contribution in [0.2, 0.25) is 19.6 Å². The van der Waals surface area contributed by atoms with Crippen molar-refractivity contribution >= 4 is 8.32 Å². The first kappa shape index (κ1) is 12.3. The summed E-state index contributed by atoms with van der Waals surface area (Å²) in [6, 6.07) is 8.19. The first-order valence-electron chi connectivity index (χ1n) is 5.40. The van der Waals surface area contributed by atoms with Crippen molar-refractivity contribution in [2.75, 3.05) is 6.61 Å². The summed E-state index contributed by atoms with van der Waals surface area (Å²) in [6.45, 7) is 6.78. The Bertz CT molecular complexity index is 287. The molecule has 0 spiro atoms. The molecular weight excluding hydrogens is 204 g/mol. The van der Waals surface area contributed by atoms with E-state index in [9.17, 15) is 0 Å². The van der Waals surface area contributed by atoms with E-state index in [0.717, 1.165) is 18.6 Å². The molecule has 1 N–H and O–H groups in total. The zero-order valence-corrected chi connectivity index (χ0v) is 10.8. The average Bonchev–Trinajstić information content (AvgIpc) is 2.14. The van der Waals surface area contributed by atoms with Crippen LogP contribution in [0.15, 0.2) is 24.3 Å². The lowest BCUT2D eigenvalue weighted by atomic mass is 10.1. The summed E-state index contributed by atoms with van der Waals surface area (Å²) in [5, 5.41) is 8.72. The molecule has 0 aliphatic heterocycles. The third-order valence-corrected chi connectivity index (χ3v) is 2.82. The number of hydrogen-bond donors (Lipinski definition) is 1. The Balaban J connectivity index is 2.56. The van der Waals surface area contributed by atoms with Crippen LogP contribution in [0, 0.1) is 0 Å². The molecule has 0 unspecified atom stereocenters. The second-order valence-corrected chi connectivity index (χ2v) is 9.11. The number of benzene rings is 1. The fourth-order valence-electron chi connectivity index (χ4n) is 1.36. The number of hydrogen-bond acceptors (Lipinski definition) is 2. The van der Waals surface area contributed by atoms with Crippen molar-refractivity contribution in [3.63, 3.8) is 0 Å². The molecule has 0 bridgehead atoms. The van der Waals surface area contributed by atoms with Gasteiger partial charge in [0.25, 0.3) is 0 Å². The Morgan fingerprint density at radius 3 is 2.20 bits per heavy atom. The molecule has 0 atom stereocenters. The molecular formula is C12H20O2Si. The van der Waals surface area contributed by atoms with Gasteiger partial charge in [-0.3, -0.25) is 0 Å². The molecule has 2 nitrogen and oxygen atoms in total. The van der Waals surface area contributed by atoms with Crippen LogP contribution in [-0.4, -0.2) is 20.0 Å². The summed E-state index contributed by atoms with van der Waals surface area (Å²) >= 11 is 0. The maximum Gasteiger partial charge on any atom is 0.242 e. The number of aliphatic hydroxyl groups is 1. The fraction of sp³-hybridized carbons (Fsp3) is 0.500. The fourth-order valence-corrected chi connectivity index (χ4v) is 2.20. The van der Waals surface area contributed by atoms with Crippen molar-refractivity contribution < 1.29 is 9.53 Å². The second-order valence-electron chi connectivity index (χ2n) is 4.69. The molecule has 0 amide bonds. The Morgan fingerprint density at radius 1 is 1.13 bits per heavy atom. The summed E-state index contributed by atoms with van der Waals surface area (Å²) < 4.78 is 5.85. The summed E-state index contributed by atoms with van der Waals surface area (Å²) in [7, 11) is -1.48. The molecule has 3 heteroatoms. The summed E-state index contributed by atoms with van der Waals surface area (Å²) in [4.78, 5) is 0. The lowest BCUT2D eigenvalue weighted by Gasteiger charge is -2.19. The molecule has 84 valence electrons. The molecule has 0 fully saturated rings. The van der Waals surface area contributed by atoms with Crippen LogP contribution in [0.25, 0.3) is 0 Å². The maximum atomic E-state index is 8.72. The Morgan fingerprint density at radius 2 is 1.73 bits per heavy atom. The van der Waals surface area contributed by atoms with Gasteiger partial charge >= 0.3 is 0 Å². The van der Waals surface area contributed by atoms with Crippen molar-refractivity contribution in [1.82, 2.24) is 0 Å². The number of rotatable bonds is 5. The molecule has 1 rings (SSSR count). The van der Waals surface area contributed by atoms with Gasteiger partial charge in [-0.05, 0) is 50.2 Å². The van der Waals surface area contributed by atoms with E-state index in [1.807, 2.05) is 12.1 Å². The molecule has 1 aromatic carbocycles. The van der Waals surface area contributed by atoms with Crippen molar-refractivity contribution in [1.29, 1.82) is 0 Å². The Labute approximate surface area is 93.0 Å². The first-order chi connectivity index (χ1) is 7.01. The van der Waals surface area contributed by atoms with E-state index in [4.69, 9.17) is 9.53 Å². The molecule has 15 heavy (non-hydrogen) atoms. The van der Waals surface area contributed by atoms with Gasteiger partial charge in [-0.15, -0.1) is 0 Å². The van der Waals surface area contributed by atoms with Gasteiger partial charge in [0.05, 0.1) is 0 Å². The van der Waals surface area contributed by atoms with E-state index in [1.165, 1.54) is 5.56 Å². The molecule has 0 radical (unpaired) electrons. The van der Waals surface area contributed by atoms with E-state index >= 15 is 0 Å². The third kappa shape index (κ3) is 5.00. The van der Waals surface area contributed by atoms with Crippen LogP contribution < -0.4 is 4.43 Å². The second kappa shape index (κ2) is 5.33. The van der Waals surface area contributed by atoms with Crippen molar-refractivity contribution in [2.24, 2.45) is 0 Å². The molecule has 0 aliphatic carbocycles. The van der Waals surface area contributed by atoms with Crippen LogP contribution in [0.3, 0.4) is 0 Å². The van der Waals surface area contributed by atoms with Crippen molar-refractivity contribution in [3.8, 4) is 5.75 Å². The predicted octanol–water partition coefficient (Wildman–Crippen LogP) is 2.83. The highest BCUT2D eigenvalue weighted by atomic mass is 28.4. The Kier molecular flexibility index (Phi) is 4.36. The van der Waals surface area contributed by atoms with Gasteiger partial charge < -0.3 is 9.53 Å². The van der Waals surface area contributed by atoms with E-state index in [2.05, 4.69) is 31.8 Å². The van der Waals surface area contributed by atoms with Gasteiger partial charge in [-0.25, -0.2) is 0 Å². The lowest BCUT2D eigenvalue weighted by Crippen LogP contribution is -2.29. The van der Waals surface area contributed by atoms with Gasteiger partial charge in [0.2, 0.25) is 8.32 Å². The first-order valence-corrected chi connectivity index (χ1v) is 8.81. The highest BCUT2D eigenvalue weighted by Gasteiger charge is 2.15. The van der Waals surface area contributed by atoms with E-state index in [1.54, 1.807) is 0 Å². The summed E-state index contributed by atoms with van der Waals surface area (Å²) in [5.74, 6) is 0.960. The summed E-state index contributed by atoms with van der Waals surface area (Å²) in [6.07, 6.45) is 1.76. The van der Waals surface area contributed by atoms with Crippen LogP contribution in [0.1, 0.15) is 12.0 Å². The van der Waals surface area contributed by atoms with Gasteiger partial charge in [0.15, 0.2) is 0 Å². The van der Waals surface area contributed by atoms with Crippen LogP contribution >= 0.6 is 0 Å². The van der Waals surface area contributed by atoms with Gasteiger partial charge in [-0.1, -0.05) is 12.1 Å². The van der Waals surface area contributed by atoms with E-state index in [0.29, 0.717) is 0 Å².